The van der Waals surface area contributed by atoms with Crippen molar-refractivity contribution < 1.29 is 9.53 Å². The predicted molar refractivity (Wildman–Crippen MR) is 98.8 cm³/mol. The molecule has 0 saturated carbocycles. The van der Waals surface area contributed by atoms with Crippen molar-refractivity contribution in [1.29, 1.82) is 0 Å². The molecule has 1 N–H and O–H groups in total. The summed E-state index contributed by atoms with van der Waals surface area (Å²) >= 11 is 0. The van der Waals surface area contributed by atoms with Gasteiger partial charge in [-0.25, -0.2) is 4.79 Å². The van der Waals surface area contributed by atoms with Crippen molar-refractivity contribution in [2.75, 3.05) is 52.4 Å². The highest BCUT2D eigenvalue weighted by atomic mass is 16.6. The average molecular weight is 351 g/mol. The molecule has 3 rings (SSSR count). The van der Waals surface area contributed by atoms with Gasteiger partial charge < -0.3 is 24.8 Å². The Kier molecular flexibility index (Phi) is 5.41. The van der Waals surface area contributed by atoms with Crippen LogP contribution in [-0.4, -0.2) is 90.8 Å². The second-order valence-electron chi connectivity index (χ2n) is 8.37. The molecule has 0 aromatic heterocycles. The molecule has 25 heavy (non-hydrogen) atoms. The summed E-state index contributed by atoms with van der Waals surface area (Å²) in [5.41, 5.74) is -0.444. The summed E-state index contributed by atoms with van der Waals surface area (Å²) in [6.45, 7) is 15.5. The van der Waals surface area contributed by atoms with E-state index in [2.05, 4.69) is 27.0 Å². The highest BCUT2D eigenvalue weighted by molar-refractivity contribution is 5.82. The summed E-state index contributed by atoms with van der Waals surface area (Å²) in [5, 5.41) is 3.56. The van der Waals surface area contributed by atoms with Gasteiger partial charge in [-0.15, -0.1) is 0 Å². The van der Waals surface area contributed by atoms with Gasteiger partial charge in [-0.2, -0.15) is 0 Å². The van der Waals surface area contributed by atoms with Gasteiger partial charge in [0.15, 0.2) is 5.96 Å². The summed E-state index contributed by atoms with van der Waals surface area (Å²) in [7, 11) is 0. The summed E-state index contributed by atoms with van der Waals surface area (Å²) in [6, 6.07) is 0.277. The lowest BCUT2D eigenvalue weighted by Crippen LogP contribution is -2.57. The highest BCUT2D eigenvalue weighted by Crippen LogP contribution is 2.19. The molecule has 3 aliphatic heterocycles. The van der Waals surface area contributed by atoms with E-state index in [0.717, 1.165) is 32.1 Å². The van der Waals surface area contributed by atoms with Crippen molar-refractivity contribution in [2.45, 2.75) is 45.8 Å². The van der Waals surface area contributed by atoms with Crippen LogP contribution in [-0.2, 0) is 4.74 Å². The Balaban J connectivity index is 1.45. The lowest BCUT2D eigenvalue weighted by molar-refractivity contribution is 0.0137. The van der Waals surface area contributed by atoms with E-state index in [9.17, 15) is 4.79 Å². The molecule has 0 bridgehead atoms. The number of rotatable bonds is 3. The van der Waals surface area contributed by atoms with Crippen LogP contribution < -0.4 is 5.32 Å². The second kappa shape index (κ2) is 7.40. The fourth-order valence-corrected chi connectivity index (χ4v) is 3.83. The molecule has 0 aromatic rings. The van der Waals surface area contributed by atoms with Crippen molar-refractivity contribution in [3.05, 3.63) is 0 Å². The van der Waals surface area contributed by atoms with Crippen LogP contribution in [0.25, 0.3) is 0 Å². The molecule has 142 valence electrons. The van der Waals surface area contributed by atoms with E-state index in [1.807, 2.05) is 25.7 Å². The number of guanidine groups is 1. The summed E-state index contributed by atoms with van der Waals surface area (Å²) in [6.07, 6.45) is 1.06. The maximum atomic E-state index is 12.3. The van der Waals surface area contributed by atoms with Crippen LogP contribution in [0, 0.1) is 5.92 Å². The minimum Gasteiger partial charge on any atom is -0.444 e. The van der Waals surface area contributed by atoms with Crippen molar-refractivity contribution in [2.24, 2.45) is 10.9 Å². The molecular formula is C18H33N5O2. The number of fused-ring (bicyclic) bond motifs is 1. The number of hydrogen-bond acceptors (Lipinski definition) is 6. The quantitative estimate of drug-likeness (QED) is 0.828. The maximum Gasteiger partial charge on any atom is 0.410 e. The number of aliphatic imine (C=N–C) groups is 1. The number of nitrogens with one attached hydrogen (secondary N) is 1. The largest absolute Gasteiger partial charge is 0.444 e. The SMILES string of the molecule is CCN1CCC(CNC2=NCC3CN(C(=O)OC(C)(C)C)CCN23)C1. The smallest absolute Gasteiger partial charge is 0.410 e. The predicted octanol–water partition coefficient (Wildman–Crippen LogP) is 1.21. The molecule has 1 amide bonds. The first kappa shape index (κ1) is 18.3. The van der Waals surface area contributed by atoms with Crippen molar-refractivity contribution >= 4 is 12.1 Å². The van der Waals surface area contributed by atoms with Crippen molar-refractivity contribution in [1.82, 2.24) is 20.0 Å². The van der Waals surface area contributed by atoms with Gasteiger partial charge in [0.2, 0.25) is 0 Å². The highest BCUT2D eigenvalue weighted by Gasteiger charge is 2.36. The van der Waals surface area contributed by atoms with Gasteiger partial charge in [0.25, 0.3) is 0 Å². The molecule has 0 aliphatic carbocycles. The molecule has 0 aromatic carbocycles. The van der Waals surface area contributed by atoms with Crippen LogP contribution in [0.15, 0.2) is 4.99 Å². The molecule has 3 heterocycles. The zero-order valence-electron chi connectivity index (χ0n) is 16.1. The third kappa shape index (κ3) is 4.57. The number of likely N-dealkylation sites (tertiary alicyclic amines) is 1. The maximum absolute atomic E-state index is 12.3. The number of carbonyl (C=O) groups is 1. The number of hydrogen-bond donors (Lipinski definition) is 1. The molecule has 3 aliphatic rings. The fourth-order valence-electron chi connectivity index (χ4n) is 3.83. The second-order valence-corrected chi connectivity index (χ2v) is 8.37. The van der Waals surface area contributed by atoms with Crippen molar-refractivity contribution in [3.63, 3.8) is 0 Å². The molecule has 7 nitrogen and oxygen atoms in total. The van der Waals surface area contributed by atoms with Gasteiger partial charge in [-0.05, 0) is 46.2 Å². The Morgan fingerprint density at radius 3 is 2.76 bits per heavy atom. The third-order valence-corrected chi connectivity index (χ3v) is 5.22. The van der Waals surface area contributed by atoms with E-state index in [4.69, 9.17) is 4.74 Å². The molecule has 0 spiro atoms. The summed E-state index contributed by atoms with van der Waals surface area (Å²) < 4.78 is 5.50. The van der Waals surface area contributed by atoms with Gasteiger partial charge in [-0.1, -0.05) is 6.92 Å². The molecule has 2 unspecified atom stereocenters. The number of amides is 1. The topological polar surface area (TPSA) is 60.4 Å². The Labute approximate surface area is 151 Å². The molecule has 0 radical (unpaired) electrons. The first-order valence-corrected chi connectivity index (χ1v) is 9.61. The van der Waals surface area contributed by atoms with Crippen LogP contribution >= 0.6 is 0 Å². The minimum atomic E-state index is -0.444. The van der Waals surface area contributed by atoms with Crippen molar-refractivity contribution in [3.8, 4) is 0 Å². The number of carbonyl (C=O) groups excluding carboxylic acids is 1. The first-order chi connectivity index (χ1) is 11.9. The Hall–Kier alpha value is -1.50. The van der Waals surface area contributed by atoms with E-state index in [-0.39, 0.29) is 12.1 Å². The molecule has 2 saturated heterocycles. The Bertz CT molecular complexity index is 516. The van der Waals surface area contributed by atoms with Gasteiger partial charge in [0, 0.05) is 32.7 Å². The van der Waals surface area contributed by atoms with E-state index < -0.39 is 5.60 Å². The number of ether oxygens (including phenoxy) is 1. The lowest BCUT2D eigenvalue weighted by Gasteiger charge is -2.39. The van der Waals surface area contributed by atoms with Crippen LogP contribution in [0.4, 0.5) is 4.79 Å². The van der Waals surface area contributed by atoms with Crippen LogP contribution in [0.1, 0.15) is 34.1 Å². The fraction of sp³-hybridized carbons (Fsp3) is 0.889. The van der Waals surface area contributed by atoms with E-state index in [1.54, 1.807) is 0 Å². The zero-order valence-corrected chi connectivity index (χ0v) is 16.1. The van der Waals surface area contributed by atoms with E-state index in [1.165, 1.54) is 19.5 Å². The van der Waals surface area contributed by atoms with Gasteiger partial charge >= 0.3 is 6.09 Å². The van der Waals surface area contributed by atoms with Crippen LogP contribution in [0.5, 0.6) is 0 Å². The van der Waals surface area contributed by atoms with Gasteiger partial charge in [-0.3, -0.25) is 4.99 Å². The summed E-state index contributed by atoms with van der Waals surface area (Å²) in [5.74, 6) is 1.73. The first-order valence-electron chi connectivity index (χ1n) is 9.61. The molecule has 7 heteroatoms. The van der Waals surface area contributed by atoms with E-state index >= 15 is 0 Å². The molecule has 2 atom stereocenters. The third-order valence-electron chi connectivity index (χ3n) is 5.22. The summed E-state index contributed by atoms with van der Waals surface area (Å²) in [4.78, 5) is 23.6. The molecular weight excluding hydrogens is 318 g/mol. The normalized spacial score (nSPS) is 27.3. The molecule has 2 fully saturated rings. The van der Waals surface area contributed by atoms with Crippen LogP contribution in [0.3, 0.4) is 0 Å². The Morgan fingerprint density at radius 2 is 2.08 bits per heavy atom. The standard InChI is InChI=1S/C18H33N5O2/c1-5-21-7-6-14(12-21)10-19-16-20-11-15-13-22(8-9-23(15)16)17(24)25-18(2,3)4/h14-15H,5-13H2,1-4H3,(H,19,20). The lowest BCUT2D eigenvalue weighted by atomic mass is 10.1. The number of piperazine rings is 1. The average Bonchev–Trinajstić information content (AvgIpc) is 3.17. The van der Waals surface area contributed by atoms with Gasteiger partial charge in [0.1, 0.15) is 5.60 Å². The number of nitrogens with zero attached hydrogens (tertiary/aromatic N) is 4. The van der Waals surface area contributed by atoms with Crippen LogP contribution in [0.2, 0.25) is 0 Å². The monoisotopic (exact) mass is 351 g/mol. The minimum absolute atomic E-state index is 0.209. The zero-order chi connectivity index (χ0) is 18.0. The van der Waals surface area contributed by atoms with Gasteiger partial charge in [0.05, 0.1) is 12.6 Å². The van der Waals surface area contributed by atoms with E-state index in [0.29, 0.717) is 19.0 Å². The Morgan fingerprint density at radius 1 is 1.28 bits per heavy atom.